The summed E-state index contributed by atoms with van der Waals surface area (Å²) in [5, 5.41) is 13.9. The van der Waals surface area contributed by atoms with Gasteiger partial charge in [0, 0.05) is 18.7 Å². The lowest BCUT2D eigenvalue weighted by Gasteiger charge is -2.08. The van der Waals surface area contributed by atoms with Crippen molar-refractivity contribution >= 4 is 17.5 Å². The van der Waals surface area contributed by atoms with Crippen molar-refractivity contribution in [2.75, 3.05) is 5.32 Å². The summed E-state index contributed by atoms with van der Waals surface area (Å²) in [4.78, 5) is 23.3. The van der Waals surface area contributed by atoms with Crippen LogP contribution in [0.25, 0.3) is 0 Å². The molecular weight excluding hydrogens is 321 g/mol. The van der Waals surface area contributed by atoms with Gasteiger partial charge < -0.3 is 10.6 Å². The Hall–Kier alpha value is -3.20. The molecule has 0 saturated carbocycles. The number of nitrogens with one attached hydrogen (secondary N) is 2. The van der Waals surface area contributed by atoms with Crippen molar-refractivity contribution in [3.8, 4) is 6.07 Å². The normalized spacial score (nSPS) is 9.92. The number of hydrogen-bond acceptors (Lipinski definition) is 3. The number of aryl methyl sites for hydroxylation is 1. The lowest BCUT2D eigenvalue weighted by molar-refractivity contribution is -0.121. The molecule has 0 aliphatic heterocycles. The maximum Gasteiger partial charge on any atom is 0.238 e. The zero-order chi connectivity index (χ0) is 18.1. The molecule has 25 heavy (non-hydrogen) atoms. The molecule has 0 spiro atoms. The molecule has 2 N–H and O–H groups in total. The number of carbonyl (C=O) groups is 2. The fourth-order valence-corrected chi connectivity index (χ4v) is 2.23. The Morgan fingerprint density at radius 1 is 1.04 bits per heavy atom. The molecule has 0 bridgehead atoms. The zero-order valence-electron chi connectivity index (χ0n) is 13.6. The van der Waals surface area contributed by atoms with Gasteiger partial charge in [-0.15, -0.1) is 0 Å². The highest BCUT2D eigenvalue weighted by atomic mass is 19.1. The molecule has 2 aromatic rings. The lowest BCUT2D eigenvalue weighted by Crippen LogP contribution is -2.23. The SMILES string of the molecule is N#CCC(=O)Nc1cccc(CNC(=O)CCc2ccc(F)cc2)c1. The number of hydrogen-bond donors (Lipinski definition) is 2. The second-order valence-corrected chi connectivity index (χ2v) is 5.49. The van der Waals surface area contributed by atoms with Gasteiger partial charge in [-0.1, -0.05) is 24.3 Å². The van der Waals surface area contributed by atoms with E-state index in [9.17, 15) is 14.0 Å². The van der Waals surface area contributed by atoms with Gasteiger partial charge >= 0.3 is 0 Å². The Kier molecular flexibility index (Phi) is 6.66. The summed E-state index contributed by atoms with van der Waals surface area (Å²) < 4.78 is 12.8. The van der Waals surface area contributed by atoms with Gasteiger partial charge in [-0.05, 0) is 41.8 Å². The van der Waals surface area contributed by atoms with Gasteiger partial charge in [0.1, 0.15) is 12.2 Å². The average Bonchev–Trinajstić information content (AvgIpc) is 2.60. The van der Waals surface area contributed by atoms with Crippen molar-refractivity contribution in [3.05, 3.63) is 65.5 Å². The van der Waals surface area contributed by atoms with Crippen molar-refractivity contribution in [1.82, 2.24) is 5.32 Å². The minimum absolute atomic E-state index is 0.108. The summed E-state index contributed by atoms with van der Waals surface area (Å²) in [5.74, 6) is -0.777. The van der Waals surface area contributed by atoms with Crippen LogP contribution < -0.4 is 10.6 Å². The molecule has 0 aromatic heterocycles. The Morgan fingerprint density at radius 2 is 1.80 bits per heavy atom. The molecule has 2 aromatic carbocycles. The molecule has 0 fully saturated rings. The van der Waals surface area contributed by atoms with E-state index in [-0.39, 0.29) is 24.1 Å². The summed E-state index contributed by atoms with van der Waals surface area (Å²) in [6, 6.07) is 14.9. The molecule has 0 unspecified atom stereocenters. The summed E-state index contributed by atoms with van der Waals surface area (Å²) in [5.41, 5.74) is 2.32. The quantitative estimate of drug-likeness (QED) is 0.814. The van der Waals surface area contributed by atoms with Crippen LogP contribution in [0.5, 0.6) is 0 Å². The standard InChI is InChI=1S/C19H18FN3O2/c20-16-7-4-14(5-8-16)6-9-18(24)22-13-15-2-1-3-17(12-15)23-19(25)10-11-21/h1-5,7-8,12H,6,9-10,13H2,(H,22,24)(H,23,25). The molecule has 0 atom stereocenters. The molecule has 0 aliphatic carbocycles. The molecule has 0 radical (unpaired) electrons. The second kappa shape index (κ2) is 9.18. The topological polar surface area (TPSA) is 82.0 Å². The first kappa shape index (κ1) is 18.1. The molecule has 5 nitrogen and oxygen atoms in total. The number of rotatable bonds is 7. The van der Waals surface area contributed by atoms with Crippen molar-refractivity contribution in [3.63, 3.8) is 0 Å². The van der Waals surface area contributed by atoms with Crippen molar-refractivity contribution in [1.29, 1.82) is 5.26 Å². The number of nitriles is 1. The predicted octanol–water partition coefficient (Wildman–Crippen LogP) is 2.93. The predicted molar refractivity (Wildman–Crippen MR) is 91.9 cm³/mol. The maximum absolute atomic E-state index is 12.8. The summed E-state index contributed by atoms with van der Waals surface area (Å²) in [7, 11) is 0. The first-order chi connectivity index (χ1) is 12.1. The van der Waals surface area contributed by atoms with Crippen molar-refractivity contribution in [2.24, 2.45) is 0 Å². The van der Waals surface area contributed by atoms with Crippen LogP contribution in [0.2, 0.25) is 0 Å². The van der Waals surface area contributed by atoms with Crippen LogP contribution in [0.4, 0.5) is 10.1 Å². The van der Waals surface area contributed by atoms with Gasteiger partial charge in [0.25, 0.3) is 0 Å². The molecule has 0 aliphatic rings. The molecule has 128 valence electrons. The van der Waals surface area contributed by atoms with E-state index in [2.05, 4.69) is 10.6 Å². The second-order valence-electron chi connectivity index (χ2n) is 5.49. The Labute approximate surface area is 145 Å². The monoisotopic (exact) mass is 339 g/mol. The first-order valence-corrected chi connectivity index (χ1v) is 7.83. The fraction of sp³-hybridized carbons (Fsp3) is 0.211. The van der Waals surface area contributed by atoms with Crippen molar-refractivity contribution < 1.29 is 14.0 Å². The van der Waals surface area contributed by atoms with Crippen LogP contribution in [-0.4, -0.2) is 11.8 Å². The number of halogens is 1. The highest BCUT2D eigenvalue weighted by molar-refractivity contribution is 5.92. The van der Waals surface area contributed by atoms with Gasteiger partial charge in [-0.25, -0.2) is 4.39 Å². The number of benzene rings is 2. The zero-order valence-corrected chi connectivity index (χ0v) is 13.6. The van der Waals surface area contributed by atoms with Crippen molar-refractivity contribution in [2.45, 2.75) is 25.8 Å². The fourth-order valence-electron chi connectivity index (χ4n) is 2.23. The third-order valence-corrected chi connectivity index (χ3v) is 3.49. The molecule has 6 heteroatoms. The van der Waals surface area contributed by atoms with Crippen LogP contribution in [0.3, 0.4) is 0 Å². The molecule has 0 heterocycles. The van der Waals surface area contributed by atoms with E-state index in [1.165, 1.54) is 12.1 Å². The van der Waals surface area contributed by atoms with E-state index in [0.717, 1.165) is 11.1 Å². The van der Waals surface area contributed by atoms with E-state index in [1.54, 1.807) is 36.4 Å². The summed E-state index contributed by atoms with van der Waals surface area (Å²) in [6.45, 7) is 0.338. The largest absolute Gasteiger partial charge is 0.352 e. The number of amides is 2. The minimum atomic E-state index is -0.372. The van der Waals surface area contributed by atoms with E-state index < -0.39 is 0 Å². The smallest absolute Gasteiger partial charge is 0.238 e. The highest BCUT2D eigenvalue weighted by Gasteiger charge is 2.05. The minimum Gasteiger partial charge on any atom is -0.352 e. The lowest BCUT2D eigenvalue weighted by atomic mass is 10.1. The van der Waals surface area contributed by atoms with Gasteiger partial charge in [0.05, 0.1) is 6.07 Å². The van der Waals surface area contributed by atoms with E-state index in [1.807, 2.05) is 6.07 Å². The van der Waals surface area contributed by atoms with E-state index >= 15 is 0 Å². The van der Waals surface area contributed by atoms with Gasteiger partial charge in [0.15, 0.2) is 0 Å². The van der Waals surface area contributed by atoms with Crippen LogP contribution >= 0.6 is 0 Å². The Morgan fingerprint density at radius 3 is 2.52 bits per heavy atom. The number of anilines is 1. The first-order valence-electron chi connectivity index (χ1n) is 7.83. The van der Waals surface area contributed by atoms with Gasteiger partial charge in [-0.3, -0.25) is 9.59 Å². The molecule has 2 amide bonds. The van der Waals surface area contributed by atoms with E-state index in [4.69, 9.17) is 5.26 Å². The van der Waals surface area contributed by atoms with Gasteiger partial charge in [-0.2, -0.15) is 5.26 Å². The molecular formula is C19H18FN3O2. The third-order valence-electron chi connectivity index (χ3n) is 3.49. The highest BCUT2D eigenvalue weighted by Crippen LogP contribution is 2.11. The third kappa shape index (κ3) is 6.43. The number of carbonyl (C=O) groups excluding carboxylic acids is 2. The van der Waals surface area contributed by atoms with Crippen LogP contribution in [0, 0.1) is 17.1 Å². The van der Waals surface area contributed by atoms with Gasteiger partial charge in [0.2, 0.25) is 11.8 Å². The van der Waals surface area contributed by atoms with Crippen LogP contribution in [0.15, 0.2) is 48.5 Å². The van der Waals surface area contributed by atoms with Crippen LogP contribution in [0.1, 0.15) is 24.0 Å². The maximum atomic E-state index is 12.8. The average molecular weight is 339 g/mol. The molecule has 2 rings (SSSR count). The van der Waals surface area contributed by atoms with E-state index in [0.29, 0.717) is 25.1 Å². The van der Waals surface area contributed by atoms with Crippen LogP contribution in [-0.2, 0) is 22.6 Å². The number of nitrogens with zero attached hydrogens (tertiary/aromatic N) is 1. The summed E-state index contributed by atoms with van der Waals surface area (Å²) >= 11 is 0. The molecule has 0 saturated heterocycles. The Balaban J connectivity index is 1.80. The summed E-state index contributed by atoms with van der Waals surface area (Å²) in [6.07, 6.45) is 0.644. The Bertz CT molecular complexity index is 782.